The molecule has 0 saturated heterocycles. The van der Waals surface area contributed by atoms with Crippen LogP contribution in [0.4, 0.5) is 0 Å². The number of rotatable bonds is 3. The lowest BCUT2D eigenvalue weighted by Crippen LogP contribution is -3.10. The number of carbonyl (C=O) groups is 1. The van der Waals surface area contributed by atoms with Crippen molar-refractivity contribution in [3.8, 4) is 0 Å². The van der Waals surface area contributed by atoms with Crippen molar-refractivity contribution >= 4 is 17.6 Å². The Balaban J connectivity index is 2.98. The molecule has 84 valence electrons. The van der Waals surface area contributed by atoms with Gasteiger partial charge in [0.05, 0.1) is 12.5 Å². The molecule has 0 aromatic rings. The molecule has 0 bridgehead atoms. The summed E-state index contributed by atoms with van der Waals surface area (Å²) in [6.45, 7) is 3.86. The quantitative estimate of drug-likeness (QED) is 0.543. The predicted molar refractivity (Wildman–Crippen MR) is 55.7 cm³/mol. The van der Waals surface area contributed by atoms with Gasteiger partial charge in [-0.05, 0) is 25.5 Å². The lowest BCUT2D eigenvalue weighted by atomic mass is 10.00. The number of alkyl halides is 1. The minimum atomic E-state index is -0.448. The van der Waals surface area contributed by atoms with E-state index in [4.69, 9.17) is 16.3 Å². The number of carbonyl (C=O) groups excluding carboxylic acids is 1. The molecule has 15 heavy (non-hydrogen) atoms. The lowest BCUT2D eigenvalue weighted by Gasteiger charge is -2.23. The number of hydrogen-bond acceptors (Lipinski definition) is 3. The smallest absolute Gasteiger partial charge is 0.340 e. The third kappa shape index (κ3) is 2.59. The molecule has 5 heteroatoms. The number of hydrogen-bond donors (Lipinski definition) is 2. The molecule has 0 amide bonds. The Labute approximate surface area is 93.7 Å². The van der Waals surface area contributed by atoms with Crippen molar-refractivity contribution in [2.75, 3.05) is 12.5 Å². The van der Waals surface area contributed by atoms with Gasteiger partial charge in [-0.25, -0.2) is 10.0 Å². The fourth-order valence-electron chi connectivity index (χ4n) is 1.51. The van der Waals surface area contributed by atoms with Crippen LogP contribution in [0.1, 0.15) is 13.8 Å². The van der Waals surface area contributed by atoms with Crippen LogP contribution in [0.15, 0.2) is 23.4 Å². The van der Waals surface area contributed by atoms with E-state index < -0.39 is 12.0 Å². The van der Waals surface area contributed by atoms with Crippen LogP contribution in [0.25, 0.3) is 0 Å². The Bertz CT molecular complexity index is 312. The molecule has 0 aromatic carbocycles. The Morgan fingerprint density at radius 1 is 1.73 bits per heavy atom. The zero-order valence-electron chi connectivity index (χ0n) is 8.79. The summed E-state index contributed by atoms with van der Waals surface area (Å²) in [6, 6.07) is -0.448. The van der Waals surface area contributed by atoms with Gasteiger partial charge < -0.3 is 4.74 Å². The van der Waals surface area contributed by atoms with Gasteiger partial charge in [-0.3, -0.25) is 0 Å². The van der Waals surface area contributed by atoms with Crippen LogP contribution in [-0.4, -0.2) is 29.7 Å². The summed E-state index contributed by atoms with van der Waals surface area (Å²) in [5, 5.41) is 9.69. The van der Waals surface area contributed by atoms with E-state index in [0.717, 1.165) is 5.57 Å². The first-order valence-corrected chi connectivity index (χ1v) is 5.33. The van der Waals surface area contributed by atoms with Crippen molar-refractivity contribution in [1.29, 1.82) is 0 Å². The highest BCUT2D eigenvalue weighted by Crippen LogP contribution is 2.14. The zero-order valence-corrected chi connectivity index (χ0v) is 9.54. The van der Waals surface area contributed by atoms with E-state index in [-0.39, 0.29) is 10.9 Å². The molecule has 1 heterocycles. The molecular formula is C10H15ClNO3+. The van der Waals surface area contributed by atoms with Crippen LogP contribution >= 0.6 is 11.6 Å². The van der Waals surface area contributed by atoms with Gasteiger partial charge in [0, 0.05) is 0 Å². The molecule has 2 unspecified atom stereocenters. The molecule has 0 aromatic heterocycles. The molecule has 0 aliphatic carbocycles. The minimum Gasteiger partial charge on any atom is -0.462 e. The highest BCUT2D eigenvalue weighted by Gasteiger charge is 2.33. The number of halogens is 1. The molecule has 0 saturated carbocycles. The van der Waals surface area contributed by atoms with Gasteiger partial charge in [-0.1, -0.05) is 0 Å². The summed E-state index contributed by atoms with van der Waals surface area (Å²) >= 11 is 5.72. The largest absolute Gasteiger partial charge is 0.462 e. The second kappa shape index (κ2) is 5.30. The van der Waals surface area contributed by atoms with Crippen LogP contribution in [0.3, 0.4) is 0 Å². The summed E-state index contributed by atoms with van der Waals surface area (Å²) in [4.78, 5) is 11.6. The van der Waals surface area contributed by atoms with E-state index in [1.807, 2.05) is 0 Å². The van der Waals surface area contributed by atoms with E-state index >= 15 is 0 Å². The van der Waals surface area contributed by atoms with Crippen molar-refractivity contribution in [1.82, 2.24) is 0 Å². The second-order valence-electron chi connectivity index (χ2n) is 3.28. The lowest BCUT2D eigenvalue weighted by molar-refractivity contribution is -1.06. The number of allylic oxidation sites excluding steroid dienone is 2. The summed E-state index contributed by atoms with van der Waals surface area (Å²) < 4.78 is 4.92. The minimum absolute atomic E-state index is 0.110. The molecule has 0 radical (unpaired) electrons. The maximum absolute atomic E-state index is 11.6. The number of esters is 1. The molecule has 1 aliphatic heterocycles. The van der Waals surface area contributed by atoms with Gasteiger partial charge in [0.1, 0.15) is 11.8 Å². The second-order valence-corrected chi connectivity index (χ2v) is 3.59. The fourth-order valence-corrected chi connectivity index (χ4v) is 1.82. The van der Waals surface area contributed by atoms with Crippen molar-refractivity contribution < 1.29 is 19.8 Å². The van der Waals surface area contributed by atoms with Gasteiger partial charge in [-0.15, -0.1) is 11.6 Å². The van der Waals surface area contributed by atoms with Crippen molar-refractivity contribution in [2.45, 2.75) is 19.9 Å². The van der Waals surface area contributed by atoms with Gasteiger partial charge in [0.15, 0.2) is 6.04 Å². The van der Waals surface area contributed by atoms with Crippen LogP contribution in [0.2, 0.25) is 0 Å². The van der Waals surface area contributed by atoms with E-state index in [0.29, 0.717) is 12.2 Å². The van der Waals surface area contributed by atoms with E-state index in [1.165, 1.54) is 0 Å². The van der Waals surface area contributed by atoms with Crippen LogP contribution in [0.5, 0.6) is 0 Å². The van der Waals surface area contributed by atoms with E-state index in [1.54, 1.807) is 26.1 Å². The Hall–Kier alpha value is -0.840. The van der Waals surface area contributed by atoms with E-state index in [2.05, 4.69) is 0 Å². The SMILES string of the molecule is CCOC(=O)C1=C(C)C=C[NH+](O)C1CCl. The summed E-state index contributed by atoms with van der Waals surface area (Å²) in [5.41, 5.74) is 1.24. The van der Waals surface area contributed by atoms with Gasteiger partial charge in [-0.2, -0.15) is 5.06 Å². The monoisotopic (exact) mass is 232 g/mol. The third-order valence-electron chi connectivity index (χ3n) is 2.28. The molecule has 4 nitrogen and oxygen atoms in total. The Kier molecular flexibility index (Phi) is 4.32. The maximum Gasteiger partial charge on any atom is 0.340 e. The van der Waals surface area contributed by atoms with Crippen LogP contribution < -0.4 is 5.06 Å². The van der Waals surface area contributed by atoms with Crippen molar-refractivity contribution in [3.63, 3.8) is 0 Å². The Morgan fingerprint density at radius 2 is 2.40 bits per heavy atom. The highest BCUT2D eigenvalue weighted by molar-refractivity contribution is 6.18. The molecular weight excluding hydrogens is 218 g/mol. The number of quaternary nitrogens is 1. The predicted octanol–water partition coefficient (Wildman–Crippen LogP) is 0.275. The van der Waals surface area contributed by atoms with Gasteiger partial charge >= 0.3 is 5.97 Å². The molecule has 1 rings (SSSR count). The fraction of sp³-hybridized carbons (Fsp3) is 0.500. The number of ether oxygens (including phenoxy) is 1. The summed E-state index contributed by atoms with van der Waals surface area (Å²) in [5.74, 6) is -0.238. The normalized spacial score (nSPS) is 25.6. The maximum atomic E-state index is 11.6. The Morgan fingerprint density at radius 3 is 2.93 bits per heavy atom. The standard InChI is InChI=1S/C10H14ClNO3/c1-3-15-10(13)9-7(2)4-5-12(14)8(9)6-11/h4-5,8,14H,3,6H2,1-2H3/p+1. The van der Waals surface area contributed by atoms with Crippen LogP contribution in [-0.2, 0) is 9.53 Å². The summed E-state index contributed by atoms with van der Waals surface area (Å²) in [7, 11) is 0. The molecule has 0 spiro atoms. The van der Waals surface area contributed by atoms with Crippen molar-refractivity contribution in [2.24, 2.45) is 0 Å². The van der Waals surface area contributed by atoms with Crippen LogP contribution in [0, 0.1) is 0 Å². The first kappa shape index (κ1) is 12.2. The first-order valence-electron chi connectivity index (χ1n) is 4.79. The topological polar surface area (TPSA) is 51.0 Å². The first-order chi connectivity index (χ1) is 7.11. The number of hydroxylamine groups is 2. The molecule has 2 N–H and O–H groups in total. The van der Waals surface area contributed by atoms with Gasteiger partial charge in [0.25, 0.3) is 0 Å². The van der Waals surface area contributed by atoms with E-state index in [9.17, 15) is 10.0 Å². The average Bonchev–Trinajstić information content (AvgIpc) is 2.21. The number of nitrogens with one attached hydrogen (secondary N) is 1. The van der Waals surface area contributed by atoms with Gasteiger partial charge in [0.2, 0.25) is 0 Å². The molecule has 1 aliphatic rings. The average molecular weight is 233 g/mol. The third-order valence-corrected chi connectivity index (χ3v) is 2.59. The molecule has 2 atom stereocenters. The van der Waals surface area contributed by atoms with Crippen molar-refractivity contribution in [3.05, 3.63) is 23.4 Å². The zero-order chi connectivity index (χ0) is 11.4. The summed E-state index contributed by atoms with van der Waals surface area (Å²) in [6.07, 6.45) is 3.25. The highest BCUT2D eigenvalue weighted by atomic mass is 35.5. The molecule has 0 fully saturated rings.